The summed E-state index contributed by atoms with van der Waals surface area (Å²) >= 11 is 1.63. The molecule has 3 rings (SSSR count). The van der Waals surface area contributed by atoms with E-state index >= 15 is 0 Å². The summed E-state index contributed by atoms with van der Waals surface area (Å²) in [7, 11) is 1.73. The summed E-state index contributed by atoms with van der Waals surface area (Å²) in [6.45, 7) is 4.42. The van der Waals surface area contributed by atoms with E-state index in [0.717, 1.165) is 17.0 Å². The number of carbonyl (C=O) groups excluding carboxylic acids is 1. The van der Waals surface area contributed by atoms with Crippen molar-refractivity contribution in [2.45, 2.75) is 19.9 Å². The first-order chi connectivity index (χ1) is 11.0. The lowest BCUT2D eigenvalue weighted by atomic mass is 10.1. The van der Waals surface area contributed by atoms with Crippen LogP contribution < -0.4 is 5.32 Å². The molecule has 0 radical (unpaired) electrons. The lowest BCUT2D eigenvalue weighted by Crippen LogP contribution is -2.32. The summed E-state index contributed by atoms with van der Waals surface area (Å²) < 4.78 is 3.46. The van der Waals surface area contributed by atoms with Crippen molar-refractivity contribution in [1.82, 2.24) is 30.1 Å². The third-order valence-corrected chi connectivity index (χ3v) is 4.26. The van der Waals surface area contributed by atoms with Crippen LogP contribution in [0.4, 0.5) is 0 Å². The van der Waals surface area contributed by atoms with Gasteiger partial charge in [-0.3, -0.25) is 14.2 Å². The SMILES string of the molecule is Cc1cc(C)n([C@@H](CNC(=O)c2cn(C)nn2)c2ccsc2)n1. The van der Waals surface area contributed by atoms with E-state index in [1.807, 2.05) is 30.0 Å². The molecule has 3 aromatic rings. The van der Waals surface area contributed by atoms with Crippen LogP contribution in [-0.4, -0.2) is 37.2 Å². The van der Waals surface area contributed by atoms with Crippen LogP contribution in [0.1, 0.15) is 33.5 Å². The standard InChI is InChI=1S/C15H18N6OS/c1-10-6-11(2)21(18-10)14(12-4-5-23-9-12)7-16-15(22)13-8-20(3)19-17-13/h4-6,8-9,14H,7H2,1-3H3,(H,16,22)/t14-/m0/s1. The molecule has 1 amide bonds. The van der Waals surface area contributed by atoms with E-state index in [1.165, 1.54) is 4.68 Å². The normalized spacial score (nSPS) is 12.3. The predicted octanol–water partition coefficient (Wildman–Crippen LogP) is 1.71. The van der Waals surface area contributed by atoms with Crippen molar-refractivity contribution in [3.63, 3.8) is 0 Å². The number of hydrogen-bond acceptors (Lipinski definition) is 5. The Kier molecular flexibility index (Phi) is 4.24. The van der Waals surface area contributed by atoms with Crippen molar-refractivity contribution < 1.29 is 4.79 Å². The number of thiophene rings is 1. The Balaban J connectivity index is 1.80. The number of carbonyl (C=O) groups is 1. The van der Waals surface area contributed by atoms with Crippen LogP contribution in [0.25, 0.3) is 0 Å². The molecule has 23 heavy (non-hydrogen) atoms. The average Bonchev–Trinajstić information content (AvgIpc) is 3.22. The molecule has 0 aliphatic heterocycles. The minimum atomic E-state index is -0.236. The Hall–Kier alpha value is -2.48. The van der Waals surface area contributed by atoms with E-state index in [9.17, 15) is 4.79 Å². The van der Waals surface area contributed by atoms with Crippen LogP contribution in [0.15, 0.2) is 29.1 Å². The maximum atomic E-state index is 12.2. The molecule has 0 aromatic carbocycles. The topological polar surface area (TPSA) is 77.6 Å². The Morgan fingerprint density at radius 1 is 1.43 bits per heavy atom. The van der Waals surface area contributed by atoms with E-state index in [-0.39, 0.29) is 11.9 Å². The summed E-state index contributed by atoms with van der Waals surface area (Å²) in [5.74, 6) is -0.236. The number of aryl methyl sites for hydroxylation is 3. The maximum Gasteiger partial charge on any atom is 0.273 e. The third-order valence-electron chi connectivity index (χ3n) is 3.56. The van der Waals surface area contributed by atoms with Gasteiger partial charge in [0.05, 0.1) is 17.9 Å². The molecule has 0 bridgehead atoms. The van der Waals surface area contributed by atoms with Crippen LogP contribution in [0.2, 0.25) is 0 Å². The molecule has 0 saturated heterocycles. The van der Waals surface area contributed by atoms with Gasteiger partial charge in [-0.1, -0.05) is 5.21 Å². The fraction of sp³-hybridized carbons (Fsp3) is 0.333. The minimum absolute atomic E-state index is 0.0458. The van der Waals surface area contributed by atoms with Gasteiger partial charge in [0, 0.05) is 19.3 Å². The highest BCUT2D eigenvalue weighted by Gasteiger charge is 2.19. The minimum Gasteiger partial charge on any atom is -0.348 e. The van der Waals surface area contributed by atoms with E-state index in [0.29, 0.717) is 12.2 Å². The van der Waals surface area contributed by atoms with Gasteiger partial charge in [-0.2, -0.15) is 16.4 Å². The second kappa shape index (κ2) is 6.33. The average molecular weight is 330 g/mol. The monoisotopic (exact) mass is 330 g/mol. The molecular weight excluding hydrogens is 312 g/mol. The van der Waals surface area contributed by atoms with Crippen molar-refractivity contribution in [1.29, 1.82) is 0 Å². The molecule has 0 aliphatic carbocycles. The summed E-state index contributed by atoms with van der Waals surface area (Å²) in [6.07, 6.45) is 1.60. The zero-order valence-electron chi connectivity index (χ0n) is 13.2. The van der Waals surface area contributed by atoms with Gasteiger partial charge < -0.3 is 5.32 Å². The number of hydrogen-bond donors (Lipinski definition) is 1. The highest BCUT2D eigenvalue weighted by Crippen LogP contribution is 2.22. The van der Waals surface area contributed by atoms with Crippen molar-refractivity contribution in [3.05, 3.63) is 51.7 Å². The molecule has 0 unspecified atom stereocenters. The smallest absolute Gasteiger partial charge is 0.273 e. The molecule has 0 fully saturated rings. The van der Waals surface area contributed by atoms with Gasteiger partial charge in [-0.15, -0.1) is 5.10 Å². The molecule has 8 heteroatoms. The first-order valence-corrected chi connectivity index (χ1v) is 8.18. The van der Waals surface area contributed by atoms with Crippen molar-refractivity contribution in [3.8, 4) is 0 Å². The molecular formula is C15H18N6OS. The van der Waals surface area contributed by atoms with Gasteiger partial charge in [0.25, 0.3) is 5.91 Å². The lowest BCUT2D eigenvalue weighted by molar-refractivity contribution is 0.0944. The molecule has 7 nitrogen and oxygen atoms in total. The highest BCUT2D eigenvalue weighted by molar-refractivity contribution is 7.07. The van der Waals surface area contributed by atoms with Crippen molar-refractivity contribution in [2.24, 2.45) is 7.05 Å². The number of aromatic nitrogens is 5. The second-order valence-electron chi connectivity index (χ2n) is 5.43. The van der Waals surface area contributed by atoms with Crippen molar-refractivity contribution >= 4 is 17.2 Å². The fourth-order valence-electron chi connectivity index (χ4n) is 2.50. The van der Waals surface area contributed by atoms with Crippen LogP contribution >= 0.6 is 11.3 Å². The van der Waals surface area contributed by atoms with E-state index in [4.69, 9.17) is 0 Å². The number of amides is 1. The Bertz CT molecular complexity index is 804. The number of nitrogens with zero attached hydrogens (tertiary/aromatic N) is 5. The summed E-state index contributed by atoms with van der Waals surface area (Å²) in [6, 6.07) is 4.04. The molecule has 0 saturated carbocycles. The molecule has 120 valence electrons. The van der Waals surface area contributed by atoms with Gasteiger partial charge in [0.1, 0.15) is 0 Å². The maximum absolute atomic E-state index is 12.2. The Morgan fingerprint density at radius 3 is 2.83 bits per heavy atom. The van der Waals surface area contributed by atoms with Crippen LogP contribution in [0.3, 0.4) is 0 Å². The predicted molar refractivity (Wildman–Crippen MR) is 87.5 cm³/mol. The van der Waals surface area contributed by atoms with Gasteiger partial charge in [0.15, 0.2) is 5.69 Å². The first-order valence-electron chi connectivity index (χ1n) is 7.24. The molecule has 1 N–H and O–H groups in total. The van der Waals surface area contributed by atoms with Gasteiger partial charge in [-0.25, -0.2) is 0 Å². The number of rotatable bonds is 5. The summed E-state index contributed by atoms with van der Waals surface area (Å²) in [5.41, 5.74) is 3.46. The highest BCUT2D eigenvalue weighted by atomic mass is 32.1. The van der Waals surface area contributed by atoms with Crippen molar-refractivity contribution in [2.75, 3.05) is 6.54 Å². The molecule has 3 heterocycles. The van der Waals surface area contributed by atoms with E-state index < -0.39 is 0 Å². The summed E-state index contributed by atoms with van der Waals surface area (Å²) in [4.78, 5) is 12.2. The van der Waals surface area contributed by atoms with Gasteiger partial charge in [0.2, 0.25) is 0 Å². The van der Waals surface area contributed by atoms with Crippen LogP contribution in [0, 0.1) is 13.8 Å². The largest absolute Gasteiger partial charge is 0.348 e. The summed E-state index contributed by atoms with van der Waals surface area (Å²) in [5, 5.41) is 19.2. The van der Waals surface area contributed by atoms with E-state index in [1.54, 1.807) is 24.6 Å². The zero-order chi connectivity index (χ0) is 16.4. The molecule has 0 aliphatic rings. The molecule has 3 aromatic heterocycles. The van der Waals surface area contributed by atoms with Crippen LogP contribution in [0.5, 0.6) is 0 Å². The quantitative estimate of drug-likeness (QED) is 0.772. The molecule has 0 spiro atoms. The first kappa shape index (κ1) is 15.4. The van der Waals surface area contributed by atoms with Gasteiger partial charge >= 0.3 is 0 Å². The fourth-order valence-corrected chi connectivity index (χ4v) is 3.21. The Morgan fingerprint density at radius 2 is 2.26 bits per heavy atom. The Labute approximate surface area is 137 Å². The van der Waals surface area contributed by atoms with Gasteiger partial charge in [-0.05, 0) is 42.3 Å². The third kappa shape index (κ3) is 3.31. The lowest BCUT2D eigenvalue weighted by Gasteiger charge is -2.19. The van der Waals surface area contributed by atoms with E-state index in [2.05, 4.69) is 32.2 Å². The second-order valence-corrected chi connectivity index (χ2v) is 6.21. The van der Waals surface area contributed by atoms with Crippen LogP contribution in [-0.2, 0) is 7.05 Å². The zero-order valence-corrected chi connectivity index (χ0v) is 14.0. The number of nitrogens with one attached hydrogen (secondary N) is 1. The molecule has 1 atom stereocenters.